The molecule has 5 rings (SSSR count). The number of rotatable bonds is 6. The largest absolute Gasteiger partial charge is 0.375 e. The molecule has 31 heavy (non-hydrogen) atoms. The lowest BCUT2D eigenvalue weighted by atomic mass is 10.0. The van der Waals surface area contributed by atoms with E-state index in [2.05, 4.69) is 28.6 Å². The Hall–Kier alpha value is -3.31. The second kappa shape index (κ2) is 8.44. The van der Waals surface area contributed by atoms with Crippen molar-refractivity contribution >= 4 is 0 Å². The molecule has 4 nitrogen and oxygen atoms in total. The molecule has 2 aromatic carbocycles. The number of halogens is 1. The fraction of sp³-hybridized carbons (Fsp3) is 0.231. The molecule has 3 heterocycles. The Morgan fingerprint density at radius 3 is 2.55 bits per heavy atom. The Bertz CT molecular complexity index is 1190. The highest BCUT2D eigenvalue weighted by molar-refractivity contribution is 5.79. The maximum atomic E-state index is 13.5. The summed E-state index contributed by atoms with van der Waals surface area (Å²) in [5, 5.41) is 0. The normalized spacial score (nSPS) is 15.2. The molecule has 1 aliphatic rings. The predicted octanol–water partition coefficient (Wildman–Crippen LogP) is 5.76. The van der Waals surface area contributed by atoms with Gasteiger partial charge in [0.05, 0.1) is 30.6 Å². The number of benzene rings is 2. The first-order chi connectivity index (χ1) is 15.2. The zero-order chi connectivity index (χ0) is 21.2. The van der Waals surface area contributed by atoms with Gasteiger partial charge in [0, 0.05) is 29.9 Å². The first kappa shape index (κ1) is 19.6. The van der Waals surface area contributed by atoms with Crippen LogP contribution >= 0.6 is 0 Å². The Balaban J connectivity index is 1.47. The summed E-state index contributed by atoms with van der Waals surface area (Å²) in [6.45, 7) is 3.33. The molecule has 1 unspecified atom stereocenters. The van der Waals surface area contributed by atoms with E-state index in [1.165, 1.54) is 23.3 Å². The van der Waals surface area contributed by atoms with Gasteiger partial charge in [0.1, 0.15) is 11.6 Å². The number of ether oxygens (including phenoxy) is 1. The third kappa shape index (κ3) is 3.89. The maximum absolute atomic E-state index is 13.5. The molecule has 0 radical (unpaired) electrons. The molecule has 0 fully saturated rings. The summed E-state index contributed by atoms with van der Waals surface area (Å²) in [6.07, 6.45) is 5.49. The molecule has 2 aromatic heterocycles. The van der Waals surface area contributed by atoms with Crippen molar-refractivity contribution in [3.63, 3.8) is 0 Å². The van der Waals surface area contributed by atoms with Crippen LogP contribution in [0.25, 0.3) is 22.5 Å². The third-order valence-corrected chi connectivity index (χ3v) is 5.95. The molecule has 156 valence electrons. The first-order valence-electron chi connectivity index (χ1n) is 10.6. The van der Waals surface area contributed by atoms with Crippen LogP contribution in [0.5, 0.6) is 0 Å². The number of pyridine rings is 1. The Morgan fingerprint density at radius 1 is 1.00 bits per heavy atom. The zero-order valence-electron chi connectivity index (χ0n) is 17.5. The molecule has 0 saturated heterocycles. The van der Waals surface area contributed by atoms with Gasteiger partial charge < -0.3 is 9.30 Å². The number of hydrogen-bond donors (Lipinski definition) is 0. The van der Waals surface area contributed by atoms with E-state index in [0.717, 1.165) is 41.2 Å². The SMILES string of the molecule is Cc1ccccc1COCC1CCc2nc(-c3ccc(F)cc3)c(-c3ccncc3)n21. The summed E-state index contributed by atoms with van der Waals surface area (Å²) in [5.74, 6) is 0.805. The Labute approximate surface area is 181 Å². The van der Waals surface area contributed by atoms with Gasteiger partial charge in [0.15, 0.2) is 0 Å². The van der Waals surface area contributed by atoms with Crippen LogP contribution in [0.4, 0.5) is 4.39 Å². The lowest BCUT2D eigenvalue weighted by Gasteiger charge is -2.18. The minimum absolute atomic E-state index is 0.212. The number of hydrogen-bond acceptors (Lipinski definition) is 3. The molecule has 4 aromatic rings. The molecule has 0 N–H and O–H groups in total. The van der Waals surface area contributed by atoms with Gasteiger partial charge in [-0.1, -0.05) is 24.3 Å². The molecular formula is C26H24FN3O. The van der Waals surface area contributed by atoms with Gasteiger partial charge in [0.25, 0.3) is 0 Å². The molecular weight excluding hydrogens is 389 g/mol. The molecule has 1 aliphatic heterocycles. The van der Waals surface area contributed by atoms with Gasteiger partial charge in [-0.3, -0.25) is 4.98 Å². The highest BCUT2D eigenvalue weighted by Gasteiger charge is 2.30. The minimum Gasteiger partial charge on any atom is -0.375 e. The number of imidazole rings is 1. The van der Waals surface area contributed by atoms with Crippen LogP contribution in [0.1, 0.15) is 29.4 Å². The van der Waals surface area contributed by atoms with Gasteiger partial charge >= 0.3 is 0 Å². The second-order valence-corrected chi connectivity index (χ2v) is 7.97. The van der Waals surface area contributed by atoms with Crippen LogP contribution in [0.15, 0.2) is 73.1 Å². The van der Waals surface area contributed by atoms with Crippen LogP contribution in [-0.2, 0) is 17.8 Å². The number of aromatic nitrogens is 3. The van der Waals surface area contributed by atoms with Crippen LogP contribution < -0.4 is 0 Å². The van der Waals surface area contributed by atoms with Crippen LogP contribution in [0.2, 0.25) is 0 Å². The standard InChI is InChI=1S/C26H24FN3O/c1-18-4-2-3-5-21(18)16-31-17-23-10-11-24-29-25(19-6-8-22(27)9-7-19)26(30(23)24)20-12-14-28-15-13-20/h2-9,12-15,23H,10-11,16-17H2,1H3. The fourth-order valence-electron chi connectivity index (χ4n) is 4.30. The van der Waals surface area contributed by atoms with E-state index in [-0.39, 0.29) is 11.9 Å². The van der Waals surface area contributed by atoms with Crippen LogP contribution in [0, 0.1) is 12.7 Å². The minimum atomic E-state index is -0.247. The lowest BCUT2D eigenvalue weighted by Crippen LogP contribution is -2.13. The Kier molecular flexibility index (Phi) is 5.35. The highest BCUT2D eigenvalue weighted by atomic mass is 19.1. The smallest absolute Gasteiger partial charge is 0.123 e. The third-order valence-electron chi connectivity index (χ3n) is 5.95. The van der Waals surface area contributed by atoms with E-state index >= 15 is 0 Å². The van der Waals surface area contributed by atoms with E-state index < -0.39 is 0 Å². The molecule has 5 heteroatoms. The predicted molar refractivity (Wildman–Crippen MR) is 119 cm³/mol. The summed E-state index contributed by atoms with van der Waals surface area (Å²) in [5.41, 5.74) is 6.35. The van der Waals surface area contributed by atoms with E-state index in [1.807, 2.05) is 24.3 Å². The summed E-state index contributed by atoms with van der Waals surface area (Å²) in [7, 11) is 0. The van der Waals surface area contributed by atoms with Gasteiger partial charge in [-0.25, -0.2) is 9.37 Å². The summed E-state index contributed by atoms with van der Waals surface area (Å²) in [4.78, 5) is 9.13. The fourth-order valence-corrected chi connectivity index (χ4v) is 4.30. The zero-order valence-corrected chi connectivity index (χ0v) is 17.5. The molecule has 0 spiro atoms. The van der Waals surface area contributed by atoms with Crippen molar-refractivity contribution in [2.75, 3.05) is 6.61 Å². The summed E-state index contributed by atoms with van der Waals surface area (Å²) in [6, 6.07) is 19.1. The molecule has 0 amide bonds. The van der Waals surface area contributed by atoms with Crippen LogP contribution in [0.3, 0.4) is 0 Å². The molecule has 0 aliphatic carbocycles. The van der Waals surface area contributed by atoms with Crippen molar-refractivity contribution in [2.45, 2.75) is 32.4 Å². The maximum Gasteiger partial charge on any atom is 0.123 e. The van der Waals surface area contributed by atoms with Crippen molar-refractivity contribution in [2.24, 2.45) is 0 Å². The van der Waals surface area contributed by atoms with E-state index in [0.29, 0.717) is 13.2 Å². The van der Waals surface area contributed by atoms with Crippen molar-refractivity contribution in [1.29, 1.82) is 0 Å². The quantitative estimate of drug-likeness (QED) is 0.403. The van der Waals surface area contributed by atoms with Gasteiger partial charge in [-0.15, -0.1) is 0 Å². The first-order valence-corrected chi connectivity index (χ1v) is 10.6. The van der Waals surface area contributed by atoms with Gasteiger partial charge in [-0.05, 0) is 60.9 Å². The summed E-state index contributed by atoms with van der Waals surface area (Å²) < 4.78 is 22.0. The van der Waals surface area contributed by atoms with Crippen molar-refractivity contribution in [3.05, 3.63) is 95.8 Å². The van der Waals surface area contributed by atoms with E-state index in [4.69, 9.17) is 9.72 Å². The number of nitrogens with zero attached hydrogens (tertiary/aromatic N) is 3. The molecule has 0 saturated carbocycles. The number of aryl methyl sites for hydroxylation is 2. The highest BCUT2D eigenvalue weighted by Crippen LogP contribution is 2.39. The average Bonchev–Trinajstić information content (AvgIpc) is 3.36. The van der Waals surface area contributed by atoms with Crippen molar-refractivity contribution in [1.82, 2.24) is 14.5 Å². The van der Waals surface area contributed by atoms with E-state index in [9.17, 15) is 4.39 Å². The average molecular weight is 413 g/mol. The summed E-state index contributed by atoms with van der Waals surface area (Å²) >= 11 is 0. The van der Waals surface area contributed by atoms with Gasteiger partial charge in [0.2, 0.25) is 0 Å². The van der Waals surface area contributed by atoms with Crippen molar-refractivity contribution in [3.8, 4) is 22.5 Å². The van der Waals surface area contributed by atoms with Gasteiger partial charge in [-0.2, -0.15) is 0 Å². The number of fused-ring (bicyclic) bond motifs is 1. The second-order valence-electron chi connectivity index (χ2n) is 7.97. The lowest BCUT2D eigenvalue weighted by molar-refractivity contribution is 0.0922. The molecule has 0 bridgehead atoms. The van der Waals surface area contributed by atoms with Crippen molar-refractivity contribution < 1.29 is 9.13 Å². The van der Waals surface area contributed by atoms with Crippen LogP contribution in [-0.4, -0.2) is 21.1 Å². The molecule has 1 atom stereocenters. The Morgan fingerprint density at radius 2 is 1.77 bits per heavy atom. The van der Waals surface area contributed by atoms with E-state index in [1.54, 1.807) is 24.5 Å². The topological polar surface area (TPSA) is 39.9 Å². The monoisotopic (exact) mass is 413 g/mol.